The van der Waals surface area contributed by atoms with E-state index in [0.29, 0.717) is 29.4 Å². The molecule has 0 fully saturated rings. The number of primary amides is 1. The Kier molecular flexibility index (Phi) is 7.19. The van der Waals surface area contributed by atoms with Crippen molar-refractivity contribution in [2.75, 3.05) is 13.7 Å². The molecule has 27 heavy (non-hydrogen) atoms. The van der Waals surface area contributed by atoms with Gasteiger partial charge >= 0.3 is 0 Å². The summed E-state index contributed by atoms with van der Waals surface area (Å²) in [7, 11) is 1.48. The summed E-state index contributed by atoms with van der Waals surface area (Å²) in [4.78, 5) is 25.5. The molecule has 0 saturated carbocycles. The normalized spacial score (nSPS) is 11.7. The minimum atomic E-state index is -1.02. The van der Waals surface area contributed by atoms with Crippen LogP contribution >= 0.6 is 11.6 Å². The van der Waals surface area contributed by atoms with Crippen molar-refractivity contribution in [3.05, 3.63) is 64.4 Å². The molecule has 0 aliphatic carbocycles. The molecular formula is C20H22ClFN2O3. The summed E-state index contributed by atoms with van der Waals surface area (Å²) >= 11 is 5.90. The Bertz CT molecular complexity index is 829. The van der Waals surface area contributed by atoms with Crippen LogP contribution in [0.15, 0.2) is 42.5 Å². The van der Waals surface area contributed by atoms with Crippen molar-refractivity contribution in [3.8, 4) is 5.75 Å². The number of aryl methyl sites for hydroxylation is 1. The number of carbonyl (C=O) groups is 2. The first-order valence-electron chi connectivity index (χ1n) is 8.49. The van der Waals surface area contributed by atoms with E-state index in [-0.39, 0.29) is 12.3 Å². The molecule has 0 heterocycles. The van der Waals surface area contributed by atoms with Crippen LogP contribution < -0.4 is 10.5 Å². The molecule has 2 aromatic rings. The summed E-state index contributed by atoms with van der Waals surface area (Å²) in [6, 6.07) is 9.79. The van der Waals surface area contributed by atoms with Crippen LogP contribution in [0.4, 0.5) is 4.39 Å². The third-order valence-corrected chi connectivity index (χ3v) is 4.38. The van der Waals surface area contributed by atoms with Crippen molar-refractivity contribution in [2.24, 2.45) is 5.73 Å². The van der Waals surface area contributed by atoms with Gasteiger partial charge in [0.1, 0.15) is 17.6 Å². The van der Waals surface area contributed by atoms with E-state index >= 15 is 0 Å². The zero-order valence-corrected chi connectivity index (χ0v) is 16.0. The number of hydrogen-bond acceptors (Lipinski definition) is 3. The second kappa shape index (κ2) is 9.37. The van der Waals surface area contributed by atoms with Gasteiger partial charge in [0.25, 0.3) is 0 Å². The summed E-state index contributed by atoms with van der Waals surface area (Å²) in [5.74, 6) is -0.787. The topological polar surface area (TPSA) is 72.6 Å². The second-order valence-corrected chi connectivity index (χ2v) is 6.66. The number of halogens is 2. The van der Waals surface area contributed by atoms with Gasteiger partial charge < -0.3 is 15.4 Å². The predicted molar refractivity (Wildman–Crippen MR) is 102 cm³/mol. The summed E-state index contributed by atoms with van der Waals surface area (Å²) in [6.45, 7) is 2.22. The Balaban J connectivity index is 1.92. The Labute approximate surface area is 162 Å². The minimum Gasteiger partial charge on any atom is -0.493 e. The number of nitrogens with two attached hydrogens (primary N) is 1. The van der Waals surface area contributed by atoms with E-state index < -0.39 is 17.8 Å². The van der Waals surface area contributed by atoms with E-state index in [1.54, 1.807) is 24.3 Å². The van der Waals surface area contributed by atoms with Gasteiger partial charge in [0.15, 0.2) is 0 Å². The van der Waals surface area contributed by atoms with Gasteiger partial charge in [-0.1, -0.05) is 23.7 Å². The number of nitrogens with zero attached hydrogens (tertiary/aromatic N) is 1. The molecule has 2 amide bonds. The molecule has 0 radical (unpaired) electrons. The van der Waals surface area contributed by atoms with E-state index in [2.05, 4.69) is 0 Å². The van der Waals surface area contributed by atoms with Gasteiger partial charge in [-0.2, -0.15) is 0 Å². The van der Waals surface area contributed by atoms with Gasteiger partial charge in [0, 0.05) is 18.5 Å². The summed E-state index contributed by atoms with van der Waals surface area (Å²) in [5.41, 5.74) is 6.67. The zero-order valence-electron chi connectivity index (χ0n) is 15.2. The third-order valence-electron chi connectivity index (χ3n) is 4.14. The lowest BCUT2D eigenvalue weighted by Gasteiger charge is -2.26. The lowest BCUT2D eigenvalue weighted by Crippen LogP contribution is -2.39. The Morgan fingerprint density at radius 3 is 2.63 bits per heavy atom. The molecule has 2 rings (SSSR count). The standard InChI is InChI=1S/C20H22ClFN2O3/c1-13-11-15(21)8-9-17(13)27-10-4-7-18(25)24(2)19(20(23)26)14-5-3-6-16(22)12-14/h3,5-6,8-9,11-12,19H,4,7,10H2,1-2H3,(H2,23,26). The van der Waals surface area contributed by atoms with Crippen LogP contribution in [0.25, 0.3) is 0 Å². The minimum absolute atomic E-state index is 0.169. The zero-order chi connectivity index (χ0) is 20.0. The van der Waals surface area contributed by atoms with Crippen LogP contribution in [0, 0.1) is 12.7 Å². The first-order chi connectivity index (χ1) is 12.8. The highest BCUT2D eigenvalue weighted by molar-refractivity contribution is 6.30. The van der Waals surface area contributed by atoms with Crippen LogP contribution in [0.1, 0.15) is 30.0 Å². The van der Waals surface area contributed by atoms with E-state index in [1.165, 1.54) is 30.1 Å². The highest BCUT2D eigenvalue weighted by Crippen LogP contribution is 2.23. The fourth-order valence-electron chi connectivity index (χ4n) is 2.76. The first kappa shape index (κ1) is 20.7. The summed E-state index contributed by atoms with van der Waals surface area (Å²) < 4.78 is 19.1. The number of hydrogen-bond donors (Lipinski definition) is 1. The number of rotatable bonds is 8. The number of carbonyl (C=O) groups excluding carboxylic acids is 2. The summed E-state index contributed by atoms with van der Waals surface area (Å²) in [5, 5.41) is 0.631. The number of amides is 2. The van der Waals surface area contributed by atoms with Crippen LogP contribution in [0.3, 0.4) is 0 Å². The van der Waals surface area contributed by atoms with Crippen LogP contribution in [0.2, 0.25) is 5.02 Å². The van der Waals surface area contributed by atoms with Crippen LogP contribution in [0.5, 0.6) is 5.75 Å². The molecule has 2 aromatic carbocycles. The average Bonchev–Trinajstić information content (AvgIpc) is 2.59. The third kappa shape index (κ3) is 5.69. The fourth-order valence-corrected chi connectivity index (χ4v) is 2.98. The number of benzene rings is 2. The van der Waals surface area contributed by atoms with E-state index in [1.807, 2.05) is 6.92 Å². The van der Waals surface area contributed by atoms with Gasteiger partial charge in [-0.15, -0.1) is 0 Å². The molecular weight excluding hydrogens is 371 g/mol. The predicted octanol–water partition coefficient (Wildman–Crippen LogP) is 3.63. The molecule has 5 nitrogen and oxygen atoms in total. The smallest absolute Gasteiger partial charge is 0.244 e. The quantitative estimate of drug-likeness (QED) is 0.697. The molecule has 1 unspecified atom stereocenters. The van der Waals surface area contributed by atoms with E-state index in [4.69, 9.17) is 22.1 Å². The Morgan fingerprint density at radius 1 is 1.26 bits per heavy atom. The molecule has 2 N–H and O–H groups in total. The fraction of sp³-hybridized carbons (Fsp3) is 0.300. The van der Waals surface area contributed by atoms with Gasteiger partial charge in [-0.3, -0.25) is 9.59 Å². The molecule has 0 saturated heterocycles. The highest BCUT2D eigenvalue weighted by Gasteiger charge is 2.26. The molecule has 0 spiro atoms. The maximum Gasteiger partial charge on any atom is 0.244 e. The number of ether oxygens (including phenoxy) is 1. The SMILES string of the molecule is Cc1cc(Cl)ccc1OCCCC(=O)N(C)C(C(N)=O)c1cccc(F)c1. The lowest BCUT2D eigenvalue weighted by atomic mass is 10.0. The van der Waals surface area contributed by atoms with Crippen molar-refractivity contribution in [1.29, 1.82) is 0 Å². The first-order valence-corrected chi connectivity index (χ1v) is 8.86. The molecule has 1 atom stereocenters. The van der Waals surface area contributed by atoms with Crippen LogP contribution in [-0.2, 0) is 9.59 Å². The van der Waals surface area contributed by atoms with Gasteiger partial charge in [-0.25, -0.2) is 4.39 Å². The highest BCUT2D eigenvalue weighted by atomic mass is 35.5. The van der Waals surface area contributed by atoms with Crippen molar-refractivity contribution in [2.45, 2.75) is 25.8 Å². The average molecular weight is 393 g/mol. The number of likely N-dealkylation sites (N-methyl/N-ethyl adjacent to an activating group) is 1. The lowest BCUT2D eigenvalue weighted by molar-refractivity contribution is -0.138. The van der Waals surface area contributed by atoms with Gasteiger partial charge in [0.05, 0.1) is 6.61 Å². The van der Waals surface area contributed by atoms with Crippen LogP contribution in [-0.4, -0.2) is 30.4 Å². The van der Waals surface area contributed by atoms with Crippen molar-refractivity contribution in [3.63, 3.8) is 0 Å². The maximum absolute atomic E-state index is 13.4. The Hall–Kier alpha value is -2.60. The molecule has 7 heteroatoms. The Morgan fingerprint density at radius 2 is 2.00 bits per heavy atom. The van der Waals surface area contributed by atoms with Gasteiger partial charge in [-0.05, 0) is 54.8 Å². The second-order valence-electron chi connectivity index (χ2n) is 6.23. The van der Waals surface area contributed by atoms with Crippen molar-refractivity contribution < 1.29 is 18.7 Å². The molecule has 0 aromatic heterocycles. The summed E-state index contributed by atoms with van der Waals surface area (Å²) in [6.07, 6.45) is 0.627. The van der Waals surface area contributed by atoms with E-state index in [0.717, 1.165) is 5.56 Å². The monoisotopic (exact) mass is 392 g/mol. The van der Waals surface area contributed by atoms with Gasteiger partial charge in [0.2, 0.25) is 11.8 Å². The molecule has 144 valence electrons. The molecule has 0 aliphatic heterocycles. The van der Waals surface area contributed by atoms with Crippen molar-refractivity contribution >= 4 is 23.4 Å². The maximum atomic E-state index is 13.4. The van der Waals surface area contributed by atoms with E-state index in [9.17, 15) is 14.0 Å². The largest absolute Gasteiger partial charge is 0.493 e. The van der Waals surface area contributed by atoms with Crippen molar-refractivity contribution in [1.82, 2.24) is 4.90 Å². The molecule has 0 aliphatic rings. The molecule has 0 bridgehead atoms.